The zero-order chi connectivity index (χ0) is 12.5. The van der Waals surface area contributed by atoms with Gasteiger partial charge in [-0.05, 0) is 41.6 Å². The minimum absolute atomic E-state index is 0.423. The van der Waals surface area contributed by atoms with Crippen LogP contribution in [0.25, 0.3) is 0 Å². The fourth-order valence-electron chi connectivity index (χ4n) is 1.28. The summed E-state index contributed by atoms with van der Waals surface area (Å²) in [5.41, 5.74) is -2.14. The number of benzene rings is 1. The number of nitriles is 1. The highest BCUT2D eigenvalue weighted by Crippen LogP contribution is 2.35. The number of carbonyl (C=O) groups excluding carboxylic acids is 1. The molecule has 0 fully saturated rings. The summed E-state index contributed by atoms with van der Waals surface area (Å²) < 4.78 is 38.5. The van der Waals surface area contributed by atoms with E-state index in [1.54, 1.807) is 22.6 Å². The summed E-state index contributed by atoms with van der Waals surface area (Å²) in [5.74, 6) is -0.706. The number of alkyl halides is 3. The Balaban J connectivity index is 3.67. The molecule has 0 bridgehead atoms. The van der Waals surface area contributed by atoms with Crippen LogP contribution in [0.3, 0.4) is 0 Å². The maximum absolute atomic E-state index is 12.7. The highest BCUT2D eigenvalue weighted by molar-refractivity contribution is 14.1. The molecule has 0 aromatic heterocycles. The quantitative estimate of drug-likeness (QED) is 0.581. The maximum Gasteiger partial charge on any atom is 0.418 e. The van der Waals surface area contributed by atoms with Crippen molar-refractivity contribution in [2.75, 3.05) is 0 Å². The first-order valence-electron chi connectivity index (χ1n) is 4.09. The number of nitrogens with zero attached hydrogens (tertiary/aromatic N) is 1. The number of Topliss-reactive ketones (excluding diaryl/α,β-unsaturated/α-hetero) is 1. The second kappa shape index (κ2) is 4.41. The summed E-state index contributed by atoms with van der Waals surface area (Å²) in [5, 5.41) is 8.65. The summed E-state index contributed by atoms with van der Waals surface area (Å²) in [4.78, 5) is 11.1. The molecule has 0 radical (unpaired) electrons. The van der Waals surface area contributed by atoms with Crippen molar-refractivity contribution in [2.24, 2.45) is 0 Å². The van der Waals surface area contributed by atoms with Crippen LogP contribution in [0.2, 0.25) is 0 Å². The van der Waals surface area contributed by atoms with E-state index in [0.29, 0.717) is 3.57 Å². The van der Waals surface area contributed by atoms with Crippen molar-refractivity contribution in [2.45, 2.75) is 13.1 Å². The first kappa shape index (κ1) is 13.0. The molecule has 1 aromatic carbocycles. The lowest BCUT2D eigenvalue weighted by Gasteiger charge is -2.13. The molecule has 0 heterocycles. The highest BCUT2D eigenvalue weighted by atomic mass is 127. The normalized spacial score (nSPS) is 11.0. The number of halogens is 4. The van der Waals surface area contributed by atoms with Crippen molar-refractivity contribution in [3.05, 3.63) is 32.4 Å². The zero-order valence-electron chi connectivity index (χ0n) is 8.02. The van der Waals surface area contributed by atoms with Gasteiger partial charge in [0.25, 0.3) is 0 Å². The number of hydrogen-bond acceptors (Lipinski definition) is 2. The van der Waals surface area contributed by atoms with Crippen LogP contribution >= 0.6 is 22.6 Å². The smallest absolute Gasteiger partial charge is 0.294 e. The van der Waals surface area contributed by atoms with Gasteiger partial charge < -0.3 is 0 Å². The average molecular weight is 339 g/mol. The van der Waals surface area contributed by atoms with E-state index in [2.05, 4.69) is 0 Å². The van der Waals surface area contributed by atoms with Gasteiger partial charge >= 0.3 is 6.18 Å². The van der Waals surface area contributed by atoms with Gasteiger partial charge in [0.1, 0.15) is 0 Å². The van der Waals surface area contributed by atoms with Crippen LogP contribution in [-0.2, 0) is 6.18 Å². The first-order valence-corrected chi connectivity index (χ1v) is 5.17. The van der Waals surface area contributed by atoms with Crippen molar-refractivity contribution in [3.63, 3.8) is 0 Å². The molecule has 0 aliphatic rings. The van der Waals surface area contributed by atoms with Gasteiger partial charge in [0.05, 0.1) is 17.2 Å². The fourth-order valence-corrected chi connectivity index (χ4v) is 1.90. The van der Waals surface area contributed by atoms with E-state index < -0.39 is 28.6 Å². The summed E-state index contributed by atoms with van der Waals surface area (Å²) in [7, 11) is 0. The molecule has 16 heavy (non-hydrogen) atoms. The molecule has 6 heteroatoms. The molecule has 84 valence electrons. The largest absolute Gasteiger partial charge is 0.418 e. The summed E-state index contributed by atoms with van der Waals surface area (Å²) in [6.45, 7) is 1.04. The Bertz CT molecular complexity index is 488. The molecule has 2 nitrogen and oxygen atoms in total. The molecule has 0 spiro atoms. The maximum atomic E-state index is 12.7. The van der Waals surface area contributed by atoms with Crippen molar-refractivity contribution < 1.29 is 18.0 Å². The Morgan fingerprint density at radius 2 is 2.00 bits per heavy atom. The lowest BCUT2D eigenvalue weighted by molar-refractivity contribution is -0.138. The van der Waals surface area contributed by atoms with Crippen LogP contribution in [0.5, 0.6) is 0 Å². The number of carbonyl (C=O) groups is 1. The Kier molecular flexibility index (Phi) is 3.57. The molecule has 0 saturated carbocycles. The lowest BCUT2D eigenvalue weighted by atomic mass is 9.99. The van der Waals surface area contributed by atoms with E-state index in [-0.39, 0.29) is 0 Å². The Morgan fingerprint density at radius 1 is 1.44 bits per heavy atom. The predicted octanol–water partition coefficient (Wildman–Crippen LogP) is 3.38. The van der Waals surface area contributed by atoms with Crippen LogP contribution < -0.4 is 0 Å². The third-order valence-corrected chi connectivity index (χ3v) is 2.51. The molecule has 0 amide bonds. The summed E-state index contributed by atoms with van der Waals surface area (Å²) in [6, 6.07) is 3.70. The minimum Gasteiger partial charge on any atom is -0.294 e. The van der Waals surface area contributed by atoms with Gasteiger partial charge in [-0.25, -0.2) is 0 Å². The molecule has 1 rings (SSSR count). The average Bonchev–Trinajstić information content (AvgIpc) is 2.14. The highest BCUT2D eigenvalue weighted by Gasteiger charge is 2.37. The molecule has 1 aromatic rings. The first-order chi connectivity index (χ1) is 7.27. The monoisotopic (exact) mass is 339 g/mol. The van der Waals surface area contributed by atoms with E-state index in [0.717, 1.165) is 19.1 Å². The summed E-state index contributed by atoms with van der Waals surface area (Å²) >= 11 is 1.76. The van der Waals surface area contributed by atoms with Crippen LogP contribution in [0.1, 0.15) is 28.4 Å². The van der Waals surface area contributed by atoms with Crippen LogP contribution in [0.4, 0.5) is 13.2 Å². The molecule has 0 aliphatic heterocycles. The van der Waals surface area contributed by atoms with Gasteiger partial charge in [-0.2, -0.15) is 18.4 Å². The van der Waals surface area contributed by atoms with Crippen LogP contribution in [0, 0.1) is 14.9 Å². The van der Waals surface area contributed by atoms with Gasteiger partial charge in [0, 0.05) is 9.13 Å². The molecule has 0 aliphatic carbocycles. The number of hydrogen-bond donors (Lipinski definition) is 0. The topological polar surface area (TPSA) is 40.9 Å². The Hall–Kier alpha value is -1.10. The van der Waals surface area contributed by atoms with Gasteiger partial charge in [-0.15, -0.1) is 0 Å². The Labute approximate surface area is 103 Å². The van der Waals surface area contributed by atoms with Gasteiger partial charge in [-0.3, -0.25) is 4.79 Å². The molecule has 0 atom stereocenters. The second-order valence-corrected chi connectivity index (χ2v) is 4.29. The van der Waals surface area contributed by atoms with Gasteiger partial charge in [0.15, 0.2) is 5.78 Å². The predicted molar refractivity (Wildman–Crippen MR) is 58.9 cm³/mol. The lowest BCUT2D eigenvalue weighted by Crippen LogP contribution is -2.14. The van der Waals surface area contributed by atoms with Crippen molar-refractivity contribution in [3.8, 4) is 6.07 Å². The van der Waals surface area contributed by atoms with Gasteiger partial charge in [-0.1, -0.05) is 0 Å². The van der Waals surface area contributed by atoms with Gasteiger partial charge in [0.2, 0.25) is 0 Å². The standard InChI is InChI=1S/C10H5F3INO/c1-5(16)8-3-7(14)2-6(4-15)9(8)10(11,12)13/h2-3H,1H3. The molecule has 0 unspecified atom stereocenters. The SMILES string of the molecule is CC(=O)c1cc(I)cc(C#N)c1C(F)(F)F. The van der Waals surface area contributed by atoms with E-state index in [9.17, 15) is 18.0 Å². The van der Waals surface area contributed by atoms with Crippen LogP contribution in [-0.4, -0.2) is 5.78 Å². The van der Waals surface area contributed by atoms with Crippen molar-refractivity contribution >= 4 is 28.4 Å². The third kappa shape index (κ3) is 2.52. The zero-order valence-corrected chi connectivity index (χ0v) is 10.2. The second-order valence-electron chi connectivity index (χ2n) is 3.04. The van der Waals surface area contributed by atoms with E-state index in [1.165, 1.54) is 6.07 Å². The molecule has 0 N–H and O–H groups in total. The van der Waals surface area contributed by atoms with Crippen molar-refractivity contribution in [1.29, 1.82) is 5.26 Å². The Morgan fingerprint density at radius 3 is 2.38 bits per heavy atom. The van der Waals surface area contributed by atoms with Crippen LogP contribution in [0.15, 0.2) is 12.1 Å². The van der Waals surface area contributed by atoms with E-state index in [4.69, 9.17) is 5.26 Å². The minimum atomic E-state index is -4.70. The molecular weight excluding hydrogens is 334 g/mol. The summed E-state index contributed by atoms with van der Waals surface area (Å²) in [6.07, 6.45) is -4.70. The van der Waals surface area contributed by atoms with E-state index in [1.807, 2.05) is 0 Å². The fraction of sp³-hybridized carbons (Fsp3) is 0.200. The molecule has 0 saturated heterocycles. The number of rotatable bonds is 1. The molecular formula is C10H5F3INO. The number of ketones is 1. The van der Waals surface area contributed by atoms with Crippen molar-refractivity contribution in [1.82, 2.24) is 0 Å². The third-order valence-electron chi connectivity index (χ3n) is 1.89. The van der Waals surface area contributed by atoms with E-state index >= 15 is 0 Å².